The van der Waals surface area contributed by atoms with E-state index in [9.17, 15) is 9.90 Å². The molecule has 3 nitrogen and oxygen atoms in total. The van der Waals surface area contributed by atoms with Crippen LogP contribution in [-0.2, 0) is 11.3 Å². The molecule has 3 rings (SSSR count). The van der Waals surface area contributed by atoms with Gasteiger partial charge in [-0.25, -0.2) is 0 Å². The van der Waals surface area contributed by atoms with Crippen LogP contribution in [0.3, 0.4) is 0 Å². The number of nitrogens with zero attached hydrogens (tertiary/aromatic N) is 1. The Morgan fingerprint density at radius 1 is 1.25 bits per heavy atom. The molecule has 1 saturated heterocycles. The first-order valence-corrected chi connectivity index (χ1v) is 7.69. The fraction of sp³-hybridized carbons (Fsp3) is 0.588. The molecule has 1 spiro atoms. The number of aliphatic carboxylic acids is 1. The van der Waals surface area contributed by atoms with Crippen molar-refractivity contribution in [1.29, 1.82) is 0 Å². The van der Waals surface area contributed by atoms with Gasteiger partial charge in [-0.2, -0.15) is 0 Å². The van der Waals surface area contributed by atoms with Gasteiger partial charge in [-0.1, -0.05) is 36.8 Å². The molecule has 0 amide bonds. The van der Waals surface area contributed by atoms with Crippen LogP contribution in [0.2, 0.25) is 0 Å². The summed E-state index contributed by atoms with van der Waals surface area (Å²) in [6, 6.07) is 10.5. The summed E-state index contributed by atoms with van der Waals surface area (Å²) in [4.78, 5) is 14.0. The number of likely N-dealkylation sites (tertiary alicyclic amines) is 1. The molecule has 1 aromatic carbocycles. The van der Waals surface area contributed by atoms with Gasteiger partial charge in [0.15, 0.2) is 0 Å². The topological polar surface area (TPSA) is 40.5 Å². The van der Waals surface area contributed by atoms with Crippen LogP contribution in [0.1, 0.15) is 37.7 Å². The molecular formula is C17H23NO2. The van der Waals surface area contributed by atoms with Gasteiger partial charge >= 0.3 is 5.97 Å². The Bertz CT molecular complexity index is 473. The van der Waals surface area contributed by atoms with Crippen LogP contribution in [0.15, 0.2) is 30.3 Å². The zero-order valence-electron chi connectivity index (χ0n) is 11.9. The lowest BCUT2D eigenvalue weighted by atomic mass is 9.72. The highest BCUT2D eigenvalue weighted by atomic mass is 16.4. The average Bonchev–Trinajstić information content (AvgIpc) is 2.83. The van der Waals surface area contributed by atoms with E-state index in [0.29, 0.717) is 0 Å². The molecule has 0 aromatic heterocycles. The Morgan fingerprint density at radius 3 is 2.75 bits per heavy atom. The highest BCUT2D eigenvalue weighted by Gasteiger charge is 2.48. The monoisotopic (exact) mass is 273 g/mol. The molecule has 0 radical (unpaired) electrons. The average molecular weight is 273 g/mol. The van der Waals surface area contributed by atoms with Crippen molar-refractivity contribution in [3.05, 3.63) is 35.9 Å². The summed E-state index contributed by atoms with van der Waals surface area (Å²) in [6.07, 6.45) is 5.27. The molecule has 1 heterocycles. The predicted octanol–water partition coefficient (Wildman–Crippen LogP) is 3.15. The van der Waals surface area contributed by atoms with E-state index in [2.05, 4.69) is 29.2 Å². The van der Waals surface area contributed by atoms with Gasteiger partial charge in [0.1, 0.15) is 0 Å². The Kier molecular flexibility index (Phi) is 3.79. The molecule has 1 aromatic rings. The number of hydrogen-bond donors (Lipinski definition) is 1. The van der Waals surface area contributed by atoms with E-state index in [0.717, 1.165) is 51.7 Å². The highest BCUT2D eigenvalue weighted by Crippen LogP contribution is 2.49. The highest BCUT2D eigenvalue weighted by molar-refractivity contribution is 5.71. The Morgan fingerprint density at radius 2 is 2.00 bits per heavy atom. The van der Waals surface area contributed by atoms with Crippen LogP contribution in [0.4, 0.5) is 0 Å². The van der Waals surface area contributed by atoms with E-state index >= 15 is 0 Å². The van der Waals surface area contributed by atoms with Crippen molar-refractivity contribution in [2.45, 2.75) is 38.6 Å². The molecule has 3 heteroatoms. The lowest BCUT2D eigenvalue weighted by molar-refractivity contribution is -0.147. The van der Waals surface area contributed by atoms with E-state index in [-0.39, 0.29) is 11.3 Å². The Balaban J connectivity index is 1.71. The van der Waals surface area contributed by atoms with Gasteiger partial charge in [-0.3, -0.25) is 9.69 Å². The Hall–Kier alpha value is -1.35. The number of carboxylic acid groups (broad SMARTS) is 1. The van der Waals surface area contributed by atoms with Crippen molar-refractivity contribution in [3.8, 4) is 0 Å². The standard InChI is InChI=1S/C17H23NO2/c19-16(20)15-8-4-9-17(15)10-5-11-18(13-17)12-14-6-2-1-3-7-14/h1-3,6-7,15H,4-5,8-13H2,(H,19,20)/t15-,17-/m1/s1. The summed E-state index contributed by atoms with van der Waals surface area (Å²) >= 11 is 0. The van der Waals surface area contributed by atoms with Crippen LogP contribution in [-0.4, -0.2) is 29.1 Å². The van der Waals surface area contributed by atoms with Crippen molar-refractivity contribution in [1.82, 2.24) is 4.90 Å². The van der Waals surface area contributed by atoms with Gasteiger partial charge in [0.2, 0.25) is 0 Å². The molecule has 20 heavy (non-hydrogen) atoms. The van der Waals surface area contributed by atoms with Gasteiger partial charge < -0.3 is 5.11 Å². The third-order valence-electron chi connectivity index (χ3n) is 5.14. The predicted molar refractivity (Wildman–Crippen MR) is 78.4 cm³/mol. The minimum Gasteiger partial charge on any atom is -0.481 e. The normalized spacial score (nSPS) is 30.7. The summed E-state index contributed by atoms with van der Waals surface area (Å²) < 4.78 is 0. The molecular weight excluding hydrogens is 250 g/mol. The largest absolute Gasteiger partial charge is 0.481 e. The third-order valence-corrected chi connectivity index (χ3v) is 5.14. The second kappa shape index (κ2) is 5.57. The smallest absolute Gasteiger partial charge is 0.307 e. The third kappa shape index (κ3) is 2.59. The molecule has 1 aliphatic carbocycles. The van der Waals surface area contributed by atoms with E-state index in [4.69, 9.17) is 0 Å². The van der Waals surface area contributed by atoms with Crippen LogP contribution in [0.5, 0.6) is 0 Å². The molecule has 0 unspecified atom stereocenters. The number of carbonyl (C=O) groups is 1. The first-order valence-electron chi connectivity index (χ1n) is 7.69. The summed E-state index contributed by atoms with van der Waals surface area (Å²) in [5.41, 5.74) is 1.37. The molecule has 1 saturated carbocycles. The summed E-state index contributed by atoms with van der Waals surface area (Å²) in [5.74, 6) is -0.704. The fourth-order valence-corrected chi connectivity index (χ4v) is 4.25. The first-order chi connectivity index (χ1) is 9.70. The molecule has 1 N–H and O–H groups in total. The van der Waals surface area contributed by atoms with Crippen molar-refractivity contribution in [2.75, 3.05) is 13.1 Å². The van der Waals surface area contributed by atoms with Crippen molar-refractivity contribution < 1.29 is 9.90 Å². The molecule has 108 valence electrons. The van der Waals surface area contributed by atoms with Gasteiger partial charge in [0.05, 0.1) is 5.92 Å². The summed E-state index contributed by atoms with van der Waals surface area (Å²) in [6.45, 7) is 3.01. The lowest BCUT2D eigenvalue weighted by Crippen LogP contribution is -2.46. The molecule has 1 aliphatic heterocycles. The second-order valence-corrected chi connectivity index (χ2v) is 6.45. The lowest BCUT2D eigenvalue weighted by Gasteiger charge is -2.43. The maximum absolute atomic E-state index is 11.5. The van der Waals surface area contributed by atoms with E-state index in [1.807, 2.05) is 6.07 Å². The van der Waals surface area contributed by atoms with Gasteiger partial charge in [0.25, 0.3) is 0 Å². The van der Waals surface area contributed by atoms with E-state index in [1.54, 1.807) is 0 Å². The number of benzene rings is 1. The Labute approximate surface area is 120 Å². The molecule has 2 atom stereocenters. The molecule has 0 bridgehead atoms. The van der Waals surface area contributed by atoms with E-state index < -0.39 is 5.97 Å². The van der Waals surface area contributed by atoms with Crippen molar-refractivity contribution in [3.63, 3.8) is 0 Å². The maximum atomic E-state index is 11.5. The van der Waals surface area contributed by atoms with Crippen LogP contribution in [0.25, 0.3) is 0 Å². The number of piperidine rings is 1. The minimum atomic E-state index is -0.580. The molecule has 2 fully saturated rings. The fourth-order valence-electron chi connectivity index (χ4n) is 4.25. The second-order valence-electron chi connectivity index (χ2n) is 6.45. The summed E-state index contributed by atoms with van der Waals surface area (Å²) in [5, 5.41) is 9.49. The molecule has 2 aliphatic rings. The van der Waals surface area contributed by atoms with Gasteiger partial charge in [-0.05, 0) is 43.2 Å². The van der Waals surface area contributed by atoms with Gasteiger partial charge in [0, 0.05) is 13.1 Å². The summed E-state index contributed by atoms with van der Waals surface area (Å²) in [7, 11) is 0. The number of hydrogen-bond acceptors (Lipinski definition) is 2. The quantitative estimate of drug-likeness (QED) is 0.919. The van der Waals surface area contributed by atoms with Crippen LogP contribution < -0.4 is 0 Å². The minimum absolute atomic E-state index is 0.0405. The first kappa shape index (κ1) is 13.6. The van der Waals surface area contributed by atoms with Crippen LogP contribution in [0, 0.1) is 11.3 Å². The van der Waals surface area contributed by atoms with Crippen molar-refractivity contribution in [2.24, 2.45) is 11.3 Å². The van der Waals surface area contributed by atoms with Crippen LogP contribution >= 0.6 is 0 Å². The SMILES string of the molecule is O=C(O)[C@H]1CCC[C@]12CCCN(Cc1ccccc1)C2. The zero-order chi connectivity index (χ0) is 14.0. The number of carboxylic acids is 1. The van der Waals surface area contributed by atoms with E-state index in [1.165, 1.54) is 5.56 Å². The number of rotatable bonds is 3. The van der Waals surface area contributed by atoms with Crippen molar-refractivity contribution >= 4 is 5.97 Å². The zero-order valence-corrected chi connectivity index (χ0v) is 11.9. The van der Waals surface area contributed by atoms with Gasteiger partial charge in [-0.15, -0.1) is 0 Å². The maximum Gasteiger partial charge on any atom is 0.307 e.